The van der Waals surface area contributed by atoms with E-state index in [4.69, 9.17) is 16.3 Å². The van der Waals surface area contributed by atoms with Crippen LogP contribution in [0, 0.1) is 5.82 Å². The van der Waals surface area contributed by atoms with Gasteiger partial charge in [-0.3, -0.25) is 4.98 Å². The average Bonchev–Trinajstić information content (AvgIpc) is 2.68. The van der Waals surface area contributed by atoms with E-state index in [1.54, 1.807) is 48.8 Å². The number of benzene rings is 2. The molecule has 0 bridgehead atoms. The summed E-state index contributed by atoms with van der Waals surface area (Å²) >= 11 is 5.79. The molecule has 0 aliphatic carbocycles. The van der Waals surface area contributed by atoms with Gasteiger partial charge in [0.2, 0.25) is 0 Å². The van der Waals surface area contributed by atoms with E-state index in [1.807, 2.05) is 19.1 Å². The van der Waals surface area contributed by atoms with Gasteiger partial charge in [0.25, 0.3) is 0 Å². The molecule has 0 aliphatic heterocycles. The number of rotatable bonds is 7. The second kappa shape index (κ2) is 8.98. The summed E-state index contributed by atoms with van der Waals surface area (Å²) in [4.78, 5) is 4.07. The van der Waals surface area contributed by atoms with Crippen molar-refractivity contribution < 1.29 is 14.2 Å². The molecule has 0 radical (unpaired) electrons. The molecule has 0 aliphatic rings. The lowest BCUT2D eigenvalue weighted by Gasteiger charge is -2.20. The summed E-state index contributed by atoms with van der Waals surface area (Å²) in [6.45, 7) is 1.83. The van der Waals surface area contributed by atoms with Crippen molar-refractivity contribution in [3.05, 3.63) is 83.4 Å². The van der Waals surface area contributed by atoms with Crippen LogP contribution < -0.4 is 4.74 Å². The van der Waals surface area contributed by atoms with Gasteiger partial charge >= 0.3 is 0 Å². The highest BCUT2D eigenvalue weighted by atomic mass is 35.5. The van der Waals surface area contributed by atoms with E-state index in [-0.39, 0.29) is 11.9 Å². The quantitative estimate of drug-likeness (QED) is 0.600. The van der Waals surface area contributed by atoms with Gasteiger partial charge in [0, 0.05) is 23.0 Å². The van der Waals surface area contributed by atoms with Gasteiger partial charge < -0.3 is 9.84 Å². The van der Waals surface area contributed by atoms with Crippen LogP contribution in [0.4, 0.5) is 4.39 Å². The number of aliphatic hydroxyl groups excluding tert-OH is 1. The zero-order valence-electron chi connectivity index (χ0n) is 15.0. The first-order chi connectivity index (χ1) is 13.0. The minimum atomic E-state index is -0.599. The van der Waals surface area contributed by atoms with Gasteiger partial charge in [-0.2, -0.15) is 0 Å². The third-order valence-electron chi connectivity index (χ3n) is 4.41. The molecule has 2 aromatic carbocycles. The van der Waals surface area contributed by atoms with Crippen LogP contribution in [0.3, 0.4) is 0 Å². The van der Waals surface area contributed by atoms with Gasteiger partial charge in [0.15, 0.2) is 0 Å². The van der Waals surface area contributed by atoms with Gasteiger partial charge in [-0.05, 0) is 67.3 Å². The highest BCUT2D eigenvalue weighted by molar-refractivity contribution is 6.30. The highest BCUT2D eigenvalue weighted by Gasteiger charge is 2.16. The Morgan fingerprint density at radius 1 is 1.15 bits per heavy atom. The van der Waals surface area contributed by atoms with Crippen molar-refractivity contribution in [2.45, 2.75) is 32.0 Å². The number of aryl methyl sites for hydroxylation is 1. The summed E-state index contributed by atoms with van der Waals surface area (Å²) in [6.07, 6.45) is 3.88. The molecule has 0 fully saturated rings. The number of hydrogen-bond acceptors (Lipinski definition) is 3. The molecule has 0 saturated heterocycles. The smallest absolute Gasteiger partial charge is 0.132 e. The zero-order chi connectivity index (χ0) is 19.2. The van der Waals surface area contributed by atoms with E-state index in [0.717, 1.165) is 17.5 Å². The second-order valence-corrected chi connectivity index (χ2v) is 6.88. The minimum Gasteiger partial charge on any atom is -0.488 e. The monoisotopic (exact) mass is 385 g/mol. The molecule has 3 rings (SSSR count). The number of hydrogen-bond donors (Lipinski definition) is 1. The van der Waals surface area contributed by atoms with Crippen LogP contribution >= 0.6 is 11.6 Å². The van der Waals surface area contributed by atoms with Gasteiger partial charge in [-0.25, -0.2) is 4.39 Å². The first kappa shape index (κ1) is 19.3. The van der Waals surface area contributed by atoms with Crippen molar-refractivity contribution in [3.8, 4) is 16.9 Å². The predicted molar refractivity (Wildman–Crippen MR) is 106 cm³/mol. The first-order valence-electron chi connectivity index (χ1n) is 8.82. The summed E-state index contributed by atoms with van der Waals surface area (Å²) in [5.41, 5.74) is 2.30. The van der Waals surface area contributed by atoms with Crippen LogP contribution in [0.25, 0.3) is 11.1 Å². The Morgan fingerprint density at radius 2 is 1.93 bits per heavy atom. The molecule has 1 aromatic heterocycles. The molecular weight excluding hydrogens is 365 g/mol. The maximum atomic E-state index is 14.0. The molecule has 5 heteroatoms. The second-order valence-electron chi connectivity index (χ2n) is 6.44. The van der Waals surface area contributed by atoms with Gasteiger partial charge in [0.05, 0.1) is 6.10 Å². The van der Waals surface area contributed by atoms with Crippen LogP contribution in [0.2, 0.25) is 5.02 Å². The van der Waals surface area contributed by atoms with E-state index < -0.39 is 6.10 Å². The molecule has 1 N–H and O–H groups in total. The maximum Gasteiger partial charge on any atom is 0.132 e. The van der Waals surface area contributed by atoms with Crippen molar-refractivity contribution >= 4 is 11.6 Å². The summed E-state index contributed by atoms with van der Waals surface area (Å²) in [7, 11) is 0. The minimum absolute atomic E-state index is 0.361. The molecule has 0 spiro atoms. The van der Waals surface area contributed by atoms with Crippen molar-refractivity contribution in [3.63, 3.8) is 0 Å². The molecule has 27 heavy (non-hydrogen) atoms. The summed E-state index contributed by atoms with van der Waals surface area (Å²) in [5.74, 6) is 0.261. The highest BCUT2D eigenvalue weighted by Crippen LogP contribution is 2.27. The van der Waals surface area contributed by atoms with Crippen LogP contribution in [0.1, 0.15) is 18.9 Å². The Labute approximate surface area is 163 Å². The molecule has 140 valence electrons. The third kappa shape index (κ3) is 5.28. The lowest BCUT2D eigenvalue weighted by molar-refractivity contribution is 0.0420. The van der Waals surface area contributed by atoms with Crippen LogP contribution in [0.5, 0.6) is 5.75 Å². The Balaban J connectivity index is 1.58. The molecule has 0 amide bonds. The van der Waals surface area contributed by atoms with E-state index in [2.05, 4.69) is 4.98 Å². The van der Waals surface area contributed by atoms with Gasteiger partial charge in [-0.1, -0.05) is 29.8 Å². The van der Waals surface area contributed by atoms with Crippen molar-refractivity contribution in [2.24, 2.45) is 0 Å². The molecule has 2 atom stereocenters. The lowest BCUT2D eigenvalue weighted by Crippen LogP contribution is -2.29. The Kier molecular flexibility index (Phi) is 6.43. The molecule has 2 unspecified atom stereocenters. The fourth-order valence-electron chi connectivity index (χ4n) is 2.83. The predicted octanol–water partition coefficient (Wildman–Crippen LogP) is 5.30. The lowest BCUT2D eigenvalue weighted by atomic mass is 10.0. The van der Waals surface area contributed by atoms with Crippen LogP contribution in [-0.2, 0) is 6.42 Å². The zero-order valence-corrected chi connectivity index (χ0v) is 15.7. The average molecular weight is 386 g/mol. The van der Waals surface area contributed by atoms with E-state index in [1.165, 1.54) is 6.07 Å². The molecule has 1 heterocycles. The van der Waals surface area contributed by atoms with Crippen molar-refractivity contribution in [2.75, 3.05) is 0 Å². The normalized spacial score (nSPS) is 13.2. The summed E-state index contributed by atoms with van der Waals surface area (Å²) in [6, 6.07) is 15.6. The van der Waals surface area contributed by atoms with Crippen LogP contribution in [0.15, 0.2) is 67.0 Å². The maximum absolute atomic E-state index is 14.0. The Hall–Kier alpha value is -2.43. The first-order valence-corrected chi connectivity index (χ1v) is 9.20. The number of ether oxygens (including phenoxy) is 1. The Morgan fingerprint density at radius 3 is 2.59 bits per heavy atom. The number of halogens is 2. The molecule has 0 saturated carbocycles. The van der Waals surface area contributed by atoms with Crippen molar-refractivity contribution in [1.29, 1.82) is 0 Å². The summed E-state index contributed by atoms with van der Waals surface area (Å²) in [5, 5.41) is 10.7. The number of pyridine rings is 1. The van der Waals surface area contributed by atoms with Gasteiger partial charge in [-0.15, -0.1) is 0 Å². The largest absolute Gasteiger partial charge is 0.488 e. The number of nitrogens with zero attached hydrogens (tertiary/aromatic N) is 1. The number of aliphatic hydroxyl groups is 1. The third-order valence-corrected chi connectivity index (χ3v) is 4.65. The SMILES string of the molecule is CC(Oc1ccc(-c2ccc(Cl)cc2F)cc1)C(O)CCc1cccnc1. The Bertz CT molecular complexity index is 871. The fourth-order valence-corrected chi connectivity index (χ4v) is 2.98. The standard InChI is InChI=1S/C22H21ClFNO2/c1-15(22(26)11-4-16-3-2-12-25-14-16)27-19-8-5-17(6-9-19)20-10-7-18(23)13-21(20)24/h2-3,5-10,12-15,22,26H,4,11H2,1H3. The fraction of sp³-hybridized carbons (Fsp3) is 0.227. The molecular formula is C22H21ClFNO2. The molecule has 3 nitrogen and oxygen atoms in total. The van der Waals surface area contributed by atoms with E-state index >= 15 is 0 Å². The number of aromatic nitrogens is 1. The summed E-state index contributed by atoms with van der Waals surface area (Å²) < 4.78 is 19.8. The van der Waals surface area contributed by atoms with Crippen LogP contribution in [-0.4, -0.2) is 22.3 Å². The molecule has 3 aromatic rings. The van der Waals surface area contributed by atoms with Crippen molar-refractivity contribution in [1.82, 2.24) is 4.98 Å². The van der Waals surface area contributed by atoms with E-state index in [0.29, 0.717) is 22.8 Å². The van der Waals surface area contributed by atoms with E-state index in [9.17, 15) is 9.50 Å². The topological polar surface area (TPSA) is 42.4 Å². The van der Waals surface area contributed by atoms with Gasteiger partial charge in [0.1, 0.15) is 17.7 Å².